The van der Waals surface area contributed by atoms with Crippen molar-refractivity contribution in [1.29, 1.82) is 0 Å². The largest absolute Gasteiger partial charge is 0.396 e. The Morgan fingerprint density at radius 3 is 2.72 bits per heavy atom. The van der Waals surface area contributed by atoms with E-state index in [1.54, 1.807) is 12.1 Å². The first-order valence-electron chi connectivity index (χ1n) is 8.54. The molecule has 2 amide bonds. The first-order valence-corrected chi connectivity index (χ1v) is 8.54. The average Bonchev–Trinajstić information content (AvgIpc) is 2.65. The van der Waals surface area contributed by atoms with Gasteiger partial charge in [-0.1, -0.05) is 30.3 Å². The average molecular weight is 338 g/mol. The molecule has 1 aliphatic rings. The summed E-state index contributed by atoms with van der Waals surface area (Å²) in [5, 5.41) is 15.1. The maximum atomic E-state index is 12.5. The van der Waals surface area contributed by atoms with Crippen molar-refractivity contribution in [1.82, 2.24) is 5.32 Å². The van der Waals surface area contributed by atoms with E-state index >= 15 is 0 Å². The third-order valence-corrected chi connectivity index (χ3v) is 4.52. The van der Waals surface area contributed by atoms with E-state index in [0.717, 1.165) is 16.8 Å². The Bertz CT molecular complexity index is 759. The minimum absolute atomic E-state index is 0.0133. The third-order valence-electron chi connectivity index (χ3n) is 4.52. The highest BCUT2D eigenvalue weighted by atomic mass is 16.3. The van der Waals surface area contributed by atoms with E-state index in [1.807, 2.05) is 36.4 Å². The van der Waals surface area contributed by atoms with E-state index in [-0.39, 0.29) is 24.3 Å². The standard InChI is InChI=1S/C20H22N2O3/c23-11-10-17(14-4-2-1-3-5-14)13-21-20(25)16-6-8-18-15(12-16)7-9-19(24)22-18/h1-6,8,12,17,23H,7,9-11,13H2,(H,21,25)(H,22,24). The summed E-state index contributed by atoms with van der Waals surface area (Å²) < 4.78 is 0. The number of nitrogens with one attached hydrogen (secondary N) is 2. The summed E-state index contributed by atoms with van der Waals surface area (Å²) in [5.41, 5.74) is 3.47. The van der Waals surface area contributed by atoms with Crippen molar-refractivity contribution >= 4 is 17.5 Å². The van der Waals surface area contributed by atoms with E-state index in [1.165, 1.54) is 0 Å². The van der Waals surface area contributed by atoms with Crippen LogP contribution in [0.3, 0.4) is 0 Å². The van der Waals surface area contributed by atoms with Crippen LogP contribution in [0.5, 0.6) is 0 Å². The molecule has 0 fully saturated rings. The number of fused-ring (bicyclic) bond motifs is 1. The van der Waals surface area contributed by atoms with Gasteiger partial charge in [0.25, 0.3) is 5.91 Å². The molecule has 0 aromatic heterocycles. The minimum Gasteiger partial charge on any atom is -0.396 e. The lowest BCUT2D eigenvalue weighted by molar-refractivity contribution is -0.116. The summed E-state index contributed by atoms with van der Waals surface area (Å²) in [7, 11) is 0. The highest BCUT2D eigenvalue weighted by molar-refractivity contribution is 5.97. The number of carbonyl (C=O) groups excluding carboxylic acids is 2. The minimum atomic E-state index is -0.140. The summed E-state index contributed by atoms with van der Waals surface area (Å²) in [6.45, 7) is 0.547. The molecule has 0 radical (unpaired) electrons. The Morgan fingerprint density at radius 2 is 1.96 bits per heavy atom. The molecule has 130 valence electrons. The Labute approximate surface area is 147 Å². The molecule has 3 N–H and O–H groups in total. The zero-order chi connectivity index (χ0) is 17.6. The van der Waals surface area contributed by atoms with Gasteiger partial charge in [0.2, 0.25) is 5.91 Å². The zero-order valence-electron chi connectivity index (χ0n) is 14.0. The van der Waals surface area contributed by atoms with Crippen molar-refractivity contribution in [3.63, 3.8) is 0 Å². The molecule has 25 heavy (non-hydrogen) atoms. The van der Waals surface area contributed by atoms with Gasteiger partial charge in [-0.15, -0.1) is 0 Å². The second-order valence-corrected chi connectivity index (χ2v) is 6.25. The number of rotatable bonds is 6. The van der Waals surface area contributed by atoms with Crippen LogP contribution < -0.4 is 10.6 Å². The van der Waals surface area contributed by atoms with Crippen molar-refractivity contribution in [3.05, 3.63) is 65.2 Å². The molecule has 1 atom stereocenters. The van der Waals surface area contributed by atoms with Crippen LogP contribution in [0, 0.1) is 0 Å². The number of hydrogen-bond acceptors (Lipinski definition) is 3. The van der Waals surface area contributed by atoms with E-state index in [0.29, 0.717) is 31.4 Å². The maximum absolute atomic E-state index is 12.5. The molecule has 0 bridgehead atoms. The SMILES string of the molecule is O=C1CCc2cc(C(=O)NCC(CCO)c3ccccc3)ccc2N1. The van der Waals surface area contributed by atoms with Gasteiger partial charge in [0.15, 0.2) is 0 Å². The first kappa shape index (κ1) is 17.2. The molecule has 3 rings (SSSR count). The number of anilines is 1. The van der Waals surface area contributed by atoms with Crippen LogP contribution >= 0.6 is 0 Å². The van der Waals surface area contributed by atoms with Gasteiger partial charge in [-0.3, -0.25) is 9.59 Å². The molecular formula is C20H22N2O3. The predicted molar refractivity (Wildman–Crippen MR) is 96.6 cm³/mol. The number of aryl methyl sites for hydroxylation is 1. The van der Waals surface area contributed by atoms with Crippen molar-refractivity contribution in [2.45, 2.75) is 25.2 Å². The molecule has 1 aliphatic heterocycles. The lowest BCUT2D eigenvalue weighted by atomic mass is 9.95. The second kappa shape index (κ2) is 7.94. The molecule has 5 heteroatoms. The molecule has 0 saturated heterocycles. The Kier molecular flexibility index (Phi) is 5.46. The summed E-state index contributed by atoms with van der Waals surface area (Å²) in [5.74, 6) is -0.0509. The van der Waals surface area contributed by atoms with Gasteiger partial charge in [-0.2, -0.15) is 0 Å². The maximum Gasteiger partial charge on any atom is 0.251 e. The lowest BCUT2D eigenvalue weighted by Crippen LogP contribution is -2.29. The van der Waals surface area contributed by atoms with Crippen LogP contribution in [0.2, 0.25) is 0 Å². The van der Waals surface area contributed by atoms with Crippen LogP contribution in [0.4, 0.5) is 5.69 Å². The number of carbonyl (C=O) groups is 2. The lowest BCUT2D eigenvalue weighted by Gasteiger charge is -2.19. The molecule has 1 unspecified atom stereocenters. The normalized spacial score (nSPS) is 14.4. The molecule has 2 aromatic rings. The fourth-order valence-electron chi connectivity index (χ4n) is 3.11. The van der Waals surface area contributed by atoms with Crippen molar-refractivity contribution in [3.8, 4) is 0 Å². The molecule has 0 saturated carbocycles. The number of hydrogen-bond donors (Lipinski definition) is 3. The van der Waals surface area contributed by atoms with Crippen LogP contribution in [0.1, 0.15) is 40.2 Å². The number of aliphatic hydroxyl groups is 1. The zero-order valence-corrected chi connectivity index (χ0v) is 14.0. The summed E-state index contributed by atoms with van der Waals surface area (Å²) in [6.07, 6.45) is 1.70. The fourth-order valence-corrected chi connectivity index (χ4v) is 3.11. The van der Waals surface area contributed by atoms with E-state index in [9.17, 15) is 14.7 Å². The molecule has 5 nitrogen and oxygen atoms in total. The smallest absolute Gasteiger partial charge is 0.251 e. The van der Waals surface area contributed by atoms with Crippen LogP contribution in [0.15, 0.2) is 48.5 Å². The Hall–Kier alpha value is -2.66. The summed E-state index contributed by atoms with van der Waals surface area (Å²) in [6, 6.07) is 15.2. The van der Waals surface area contributed by atoms with Crippen molar-refractivity contribution < 1.29 is 14.7 Å². The molecule has 2 aromatic carbocycles. The van der Waals surface area contributed by atoms with Crippen LogP contribution in [0.25, 0.3) is 0 Å². The second-order valence-electron chi connectivity index (χ2n) is 6.25. The number of amides is 2. The summed E-state index contributed by atoms with van der Waals surface area (Å²) in [4.78, 5) is 23.9. The molecule has 0 spiro atoms. The van der Waals surface area contributed by atoms with Crippen LogP contribution in [-0.4, -0.2) is 30.1 Å². The monoisotopic (exact) mass is 338 g/mol. The predicted octanol–water partition coefficient (Wildman–Crippen LogP) is 2.47. The van der Waals surface area contributed by atoms with Gasteiger partial charge in [0, 0.05) is 36.7 Å². The van der Waals surface area contributed by atoms with Gasteiger partial charge in [0.1, 0.15) is 0 Å². The van der Waals surface area contributed by atoms with Gasteiger partial charge in [-0.25, -0.2) is 0 Å². The fraction of sp³-hybridized carbons (Fsp3) is 0.300. The number of benzene rings is 2. The highest BCUT2D eigenvalue weighted by Crippen LogP contribution is 2.24. The Morgan fingerprint density at radius 1 is 1.16 bits per heavy atom. The van der Waals surface area contributed by atoms with E-state index < -0.39 is 0 Å². The van der Waals surface area contributed by atoms with Crippen molar-refractivity contribution in [2.75, 3.05) is 18.5 Å². The Balaban J connectivity index is 1.66. The summed E-state index contributed by atoms with van der Waals surface area (Å²) >= 11 is 0. The quantitative estimate of drug-likeness (QED) is 0.757. The molecule has 0 aliphatic carbocycles. The molecular weight excluding hydrogens is 316 g/mol. The van der Waals surface area contributed by atoms with E-state index in [2.05, 4.69) is 10.6 Å². The van der Waals surface area contributed by atoms with Crippen LogP contribution in [-0.2, 0) is 11.2 Å². The highest BCUT2D eigenvalue weighted by Gasteiger charge is 2.18. The third kappa shape index (κ3) is 4.25. The first-order chi connectivity index (χ1) is 12.2. The van der Waals surface area contributed by atoms with Gasteiger partial charge >= 0.3 is 0 Å². The van der Waals surface area contributed by atoms with Gasteiger partial charge in [0.05, 0.1) is 0 Å². The number of aliphatic hydroxyl groups excluding tert-OH is 1. The van der Waals surface area contributed by atoms with Crippen molar-refractivity contribution in [2.24, 2.45) is 0 Å². The van der Waals surface area contributed by atoms with Gasteiger partial charge < -0.3 is 15.7 Å². The molecule has 1 heterocycles. The topological polar surface area (TPSA) is 78.4 Å². The van der Waals surface area contributed by atoms with E-state index in [4.69, 9.17) is 0 Å². The van der Waals surface area contributed by atoms with Gasteiger partial charge in [-0.05, 0) is 42.2 Å².